The van der Waals surface area contributed by atoms with Crippen molar-refractivity contribution in [2.24, 2.45) is 0 Å². The molecule has 0 aromatic rings. The Balaban J connectivity index is 2.50. The molecule has 4 nitrogen and oxygen atoms in total. The molecule has 0 saturated carbocycles. The standard InChI is InChI=1S/C9H17NO3/c1-8(2,3)13-7(11)10-6-5-9(10,4)12/h12H,5-6H2,1-4H3/t9-/m1/s1. The molecule has 1 aliphatic rings. The lowest BCUT2D eigenvalue weighted by Crippen LogP contribution is -2.61. The lowest BCUT2D eigenvalue weighted by Gasteiger charge is -2.46. The Labute approximate surface area is 78.5 Å². The molecule has 1 aliphatic heterocycles. The largest absolute Gasteiger partial charge is 0.444 e. The highest BCUT2D eigenvalue weighted by molar-refractivity contribution is 5.69. The van der Waals surface area contributed by atoms with Crippen molar-refractivity contribution in [3.05, 3.63) is 0 Å². The maximum Gasteiger partial charge on any atom is 0.412 e. The van der Waals surface area contributed by atoms with Crippen LogP contribution in [0.15, 0.2) is 0 Å². The van der Waals surface area contributed by atoms with E-state index in [2.05, 4.69) is 0 Å². The molecular formula is C9H17NO3. The second-order valence-electron chi connectivity index (χ2n) is 4.60. The van der Waals surface area contributed by atoms with Crippen LogP contribution in [0.1, 0.15) is 34.1 Å². The van der Waals surface area contributed by atoms with Crippen LogP contribution in [-0.2, 0) is 4.74 Å². The van der Waals surface area contributed by atoms with E-state index < -0.39 is 17.4 Å². The van der Waals surface area contributed by atoms with Crippen molar-refractivity contribution in [2.45, 2.75) is 45.4 Å². The van der Waals surface area contributed by atoms with E-state index in [-0.39, 0.29) is 0 Å². The highest BCUT2D eigenvalue weighted by Crippen LogP contribution is 2.28. The van der Waals surface area contributed by atoms with E-state index in [0.717, 1.165) is 0 Å². The van der Waals surface area contributed by atoms with Gasteiger partial charge in [-0.2, -0.15) is 0 Å². The second-order valence-corrected chi connectivity index (χ2v) is 4.60. The Kier molecular flexibility index (Phi) is 2.28. The first-order valence-corrected chi connectivity index (χ1v) is 4.45. The molecule has 1 fully saturated rings. The van der Waals surface area contributed by atoms with E-state index in [0.29, 0.717) is 13.0 Å². The summed E-state index contributed by atoms with van der Waals surface area (Å²) in [6, 6.07) is 0. The number of hydrogen-bond acceptors (Lipinski definition) is 3. The van der Waals surface area contributed by atoms with Gasteiger partial charge < -0.3 is 9.84 Å². The lowest BCUT2D eigenvalue weighted by atomic mass is 10.0. The predicted molar refractivity (Wildman–Crippen MR) is 48.2 cm³/mol. The SMILES string of the molecule is CC(C)(C)OC(=O)N1CC[C@@]1(C)O. The quantitative estimate of drug-likeness (QED) is 0.622. The van der Waals surface area contributed by atoms with Crippen LogP contribution in [0.3, 0.4) is 0 Å². The minimum Gasteiger partial charge on any atom is -0.444 e. The fourth-order valence-corrected chi connectivity index (χ4v) is 1.15. The first kappa shape index (κ1) is 10.3. The summed E-state index contributed by atoms with van der Waals surface area (Å²) in [7, 11) is 0. The van der Waals surface area contributed by atoms with Crippen LogP contribution in [0.4, 0.5) is 4.79 Å². The van der Waals surface area contributed by atoms with Crippen LogP contribution in [0.2, 0.25) is 0 Å². The number of likely N-dealkylation sites (tertiary alicyclic amines) is 1. The zero-order valence-electron chi connectivity index (χ0n) is 8.63. The van der Waals surface area contributed by atoms with Crippen LogP contribution in [0.25, 0.3) is 0 Å². The third kappa shape index (κ3) is 2.34. The van der Waals surface area contributed by atoms with E-state index >= 15 is 0 Å². The second kappa shape index (κ2) is 2.87. The maximum absolute atomic E-state index is 11.4. The molecule has 76 valence electrons. The van der Waals surface area contributed by atoms with E-state index in [1.54, 1.807) is 27.7 Å². The molecule has 4 heteroatoms. The Bertz CT molecular complexity index is 217. The van der Waals surface area contributed by atoms with Crippen LogP contribution >= 0.6 is 0 Å². The van der Waals surface area contributed by atoms with Crippen molar-refractivity contribution in [3.63, 3.8) is 0 Å². The number of nitrogens with zero attached hydrogens (tertiary/aromatic N) is 1. The maximum atomic E-state index is 11.4. The number of hydrogen-bond donors (Lipinski definition) is 1. The van der Waals surface area contributed by atoms with Gasteiger partial charge in [0.2, 0.25) is 0 Å². The molecule has 1 amide bonds. The molecule has 0 spiro atoms. The van der Waals surface area contributed by atoms with Gasteiger partial charge in [-0.15, -0.1) is 0 Å². The molecule has 1 atom stereocenters. The van der Waals surface area contributed by atoms with Gasteiger partial charge in [0.25, 0.3) is 0 Å². The van der Waals surface area contributed by atoms with Crippen LogP contribution in [0.5, 0.6) is 0 Å². The van der Waals surface area contributed by atoms with Crippen molar-refractivity contribution in [2.75, 3.05) is 6.54 Å². The van der Waals surface area contributed by atoms with E-state index in [9.17, 15) is 9.90 Å². The number of carbonyl (C=O) groups is 1. The minimum absolute atomic E-state index is 0.441. The van der Waals surface area contributed by atoms with E-state index in [4.69, 9.17) is 4.74 Å². The fraction of sp³-hybridized carbons (Fsp3) is 0.889. The number of ether oxygens (including phenoxy) is 1. The van der Waals surface area contributed by atoms with Crippen LogP contribution in [0, 0.1) is 0 Å². The summed E-state index contributed by atoms with van der Waals surface area (Å²) in [4.78, 5) is 12.7. The van der Waals surface area contributed by atoms with Crippen LogP contribution < -0.4 is 0 Å². The first-order valence-electron chi connectivity index (χ1n) is 4.45. The summed E-state index contributed by atoms with van der Waals surface area (Å²) in [6.45, 7) is 7.60. The Morgan fingerprint density at radius 1 is 1.54 bits per heavy atom. The zero-order chi connectivity index (χ0) is 10.3. The van der Waals surface area contributed by atoms with Gasteiger partial charge in [-0.05, 0) is 27.7 Å². The molecule has 0 aromatic heterocycles. The van der Waals surface area contributed by atoms with Gasteiger partial charge in [0.05, 0.1) is 0 Å². The first-order chi connectivity index (χ1) is 5.72. The normalized spacial score (nSPS) is 28.2. The molecule has 1 saturated heterocycles. The molecule has 0 unspecified atom stereocenters. The summed E-state index contributed by atoms with van der Waals surface area (Å²) < 4.78 is 5.10. The lowest BCUT2D eigenvalue weighted by molar-refractivity contribution is -0.156. The van der Waals surface area contributed by atoms with Gasteiger partial charge in [0.1, 0.15) is 11.3 Å². The number of rotatable bonds is 0. The van der Waals surface area contributed by atoms with Gasteiger partial charge in [0, 0.05) is 13.0 Å². The van der Waals surface area contributed by atoms with E-state index in [1.165, 1.54) is 4.90 Å². The average molecular weight is 187 g/mol. The van der Waals surface area contributed by atoms with Gasteiger partial charge in [-0.25, -0.2) is 4.79 Å². The molecule has 1 heterocycles. The number of amides is 1. The molecule has 13 heavy (non-hydrogen) atoms. The smallest absolute Gasteiger partial charge is 0.412 e. The summed E-state index contributed by atoms with van der Waals surface area (Å²) in [5.74, 6) is 0. The topological polar surface area (TPSA) is 49.8 Å². The zero-order valence-corrected chi connectivity index (χ0v) is 8.63. The van der Waals surface area contributed by atoms with Gasteiger partial charge in [-0.1, -0.05) is 0 Å². The third-order valence-electron chi connectivity index (χ3n) is 2.00. The Morgan fingerprint density at radius 2 is 2.08 bits per heavy atom. The minimum atomic E-state index is -1.01. The summed E-state index contributed by atoms with van der Waals surface area (Å²) >= 11 is 0. The van der Waals surface area contributed by atoms with Crippen molar-refractivity contribution in [1.82, 2.24) is 4.90 Å². The highest BCUT2D eigenvalue weighted by atomic mass is 16.6. The molecular weight excluding hydrogens is 170 g/mol. The van der Waals surface area contributed by atoms with Gasteiger partial charge >= 0.3 is 6.09 Å². The van der Waals surface area contributed by atoms with Crippen molar-refractivity contribution >= 4 is 6.09 Å². The Hall–Kier alpha value is -0.770. The molecule has 1 rings (SSSR count). The number of carbonyl (C=O) groups excluding carboxylic acids is 1. The fourth-order valence-electron chi connectivity index (χ4n) is 1.15. The molecule has 0 aliphatic carbocycles. The van der Waals surface area contributed by atoms with Gasteiger partial charge in [-0.3, -0.25) is 4.90 Å². The number of aliphatic hydroxyl groups is 1. The van der Waals surface area contributed by atoms with Crippen LogP contribution in [-0.4, -0.2) is 34.0 Å². The molecule has 1 N–H and O–H groups in total. The molecule has 0 radical (unpaired) electrons. The summed E-state index contributed by atoms with van der Waals surface area (Å²) in [5, 5.41) is 9.57. The molecule has 0 bridgehead atoms. The highest BCUT2D eigenvalue weighted by Gasteiger charge is 2.43. The third-order valence-corrected chi connectivity index (χ3v) is 2.00. The summed E-state index contributed by atoms with van der Waals surface area (Å²) in [6.07, 6.45) is 0.176. The van der Waals surface area contributed by atoms with Gasteiger partial charge in [0.15, 0.2) is 0 Å². The monoisotopic (exact) mass is 187 g/mol. The molecule has 0 aromatic carbocycles. The van der Waals surface area contributed by atoms with Crippen molar-refractivity contribution in [3.8, 4) is 0 Å². The Morgan fingerprint density at radius 3 is 2.31 bits per heavy atom. The van der Waals surface area contributed by atoms with Crippen molar-refractivity contribution in [1.29, 1.82) is 0 Å². The van der Waals surface area contributed by atoms with Crippen molar-refractivity contribution < 1.29 is 14.6 Å². The van der Waals surface area contributed by atoms with E-state index in [1.807, 2.05) is 0 Å². The predicted octanol–water partition coefficient (Wildman–Crippen LogP) is 1.34. The average Bonchev–Trinajstić information content (AvgIpc) is 1.80. The summed E-state index contributed by atoms with van der Waals surface area (Å²) in [5.41, 5.74) is -1.51.